The molecule has 0 fully saturated rings. The Kier molecular flexibility index (Phi) is 3.47. The van der Waals surface area contributed by atoms with Gasteiger partial charge in [0.1, 0.15) is 0 Å². The minimum Gasteiger partial charge on any atom is -0.399 e. The molecule has 0 unspecified atom stereocenters. The van der Waals surface area contributed by atoms with Gasteiger partial charge < -0.3 is 10.3 Å². The fraction of sp³-hybridized carbons (Fsp3) is 0.0714. The lowest BCUT2D eigenvalue weighted by atomic mass is 10.1. The van der Waals surface area contributed by atoms with E-state index in [-0.39, 0.29) is 0 Å². The molecule has 0 aliphatic carbocycles. The first kappa shape index (κ1) is 12.8. The van der Waals surface area contributed by atoms with E-state index in [2.05, 4.69) is 31.1 Å². The van der Waals surface area contributed by atoms with Crippen LogP contribution >= 0.6 is 15.9 Å². The number of benzene rings is 1. The standard InChI is InChI=1S/C14H11BrN4O/c15-11-6-10(7-17-8-11)14-18-13(20-19-14)5-9-1-3-12(16)4-2-9/h1-4,6-8H,5,16H2. The number of nitrogens with zero attached hydrogens (tertiary/aromatic N) is 3. The van der Waals surface area contributed by atoms with Gasteiger partial charge in [-0.1, -0.05) is 17.3 Å². The molecule has 20 heavy (non-hydrogen) atoms. The third-order valence-corrected chi connectivity index (χ3v) is 3.20. The van der Waals surface area contributed by atoms with Gasteiger partial charge in [-0.2, -0.15) is 4.98 Å². The van der Waals surface area contributed by atoms with Crippen molar-refractivity contribution in [1.29, 1.82) is 0 Å². The normalized spacial score (nSPS) is 10.7. The zero-order valence-corrected chi connectivity index (χ0v) is 12.0. The predicted octanol–water partition coefficient (Wildman–Crippen LogP) is 3.07. The van der Waals surface area contributed by atoms with Crippen LogP contribution in [-0.2, 0) is 6.42 Å². The highest BCUT2D eigenvalue weighted by Crippen LogP contribution is 2.20. The Hall–Kier alpha value is -2.21. The average molecular weight is 331 g/mol. The van der Waals surface area contributed by atoms with Gasteiger partial charge in [0.05, 0.1) is 6.42 Å². The van der Waals surface area contributed by atoms with Crippen molar-refractivity contribution in [3.63, 3.8) is 0 Å². The molecule has 0 atom stereocenters. The second-order valence-electron chi connectivity index (χ2n) is 4.32. The van der Waals surface area contributed by atoms with Crippen LogP contribution in [-0.4, -0.2) is 15.1 Å². The topological polar surface area (TPSA) is 77.8 Å². The summed E-state index contributed by atoms with van der Waals surface area (Å²) < 4.78 is 6.13. The number of nitrogens with two attached hydrogens (primary N) is 1. The van der Waals surface area contributed by atoms with Crippen LogP contribution in [0.5, 0.6) is 0 Å². The van der Waals surface area contributed by atoms with Gasteiger partial charge in [0.2, 0.25) is 11.7 Å². The summed E-state index contributed by atoms with van der Waals surface area (Å²) in [7, 11) is 0. The van der Waals surface area contributed by atoms with E-state index in [0.29, 0.717) is 18.1 Å². The molecule has 0 aliphatic rings. The third-order valence-electron chi connectivity index (χ3n) is 2.77. The van der Waals surface area contributed by atoms with Crippen molar-refractivity contribution in [2.75, 3.05) is 5.73 Å². The molecule has 2 aromatic heterocycles. The number of halogens is 1. The molecule has 0 radical (unpaired) electrons. The highest BCUT2D eigenvalue weighted by atomic mass is 79.9. The highest BCUT2D eigenvalue weighted by molar-refractivity contribution is 9.10. The molecule has 0 saturated carbocycles. The van der Waals surface area contributed by atoms with Gasteiger partial charge >= 0.3 is 0 Å². The first-order valence-electron chi connectivity index (χ1n) is 5.98. The van der Waals surface area contributed by atoms with E-state index < -0.39 is 0 Å². The quantitative estimate of drug-likeness (QED) is 0.746. The molecular formula is C14H11BrN4O. The first-order chi connectivity index (χ1) is 9.70. The largest absolute Gasteiger partial charge is 0.399 e. The number of rotatable bonds is 3. The zero-order chi connectivity index (χ0) is 13.9. The van der Waals surface area contributed by atoms with Gasteiger partial charge in [0.25, 0.3) is 0 Å². The van der Waals surface area contributed by atoms with Crippen molar-refractivity contribution < 1.29 is 4.52 Å². The van der Waals surface area contributed by atoms with Crippen molar-refractivity contribution in [2.45, 2.75) is 6.42 Å². The number of aromatic nitrogens is 3. The van der Waals surface area contributed by atoms with Crippen molar-refractivity contribution in [3.8, 4) is 11.4 Å². The van der Waals surface area contributed by atoms with Gasteiger partial charge in [0, 0.05) is 28.1 Å². The Morgan fingerprint density at radius 3 is 2.70 bits per heavy atom. The molecular weight excluding hydrogens is 320 g/mol. The summed E-state index contributed by atoms with van der Waals surface area (Å²) in [4.78, 5) is 8.45. The Bertz CT molecular complexity index is 724. The number of pyridine rings is 1. The Labute approximate surface area is 124 Å². The summed E-state index contributed by atoms with van der Waals surface area (Å²) in [6.45, 7) is 0. The van der Waals surface area contributed by atoms with Gasteiger partial charge in [-0.05, 0) is 39.7 Å². The highest BCUT2D eigenvalue weighted by Gasteiger charge is 2.09. The molecule has 5 nitrogen and oxygen atoms in total. The van der Waals surface area contributed by atoms with E-state index in [9.17, 15) is 0 Å². The molecule has 0 bridgehead atoms. The molecule has 3 aromatic rings. The second kappa shape index (κ2) is 5.42. The van der Waals surface area contributed by atoms with Crippen LogP contribution in [0.4, 0.5) is 5.69 Å². The number of nitrogen functional groups attached to an aromatic ring is 1. The lowest BCUT2D eigenvalue weighted by Crippen LogP contribution is -1.90. The summed E-state index contributed by atoms with van der Waals surface area (Å²) >= 11 is 3.37. The van der Waals surface area contributed by atoms with E-state index in [4.69, 9.17) is 10.3 Å². The Morgan fingerprint density at radius 1 is 1.15 bits per heavy atom. The first-order valence-corrected chi connectivity index (χ1v) is 6.78. The Morgan fingerprint density at radius 2 is 1.95 bits per heavy atom. The number of hydrogen-bond acceptors (Lipinski definition) is 5. The van der Waals surface area contributed by atoms with Gasteiger partial charge in [-0.15, -0.1) is 0 Å². The molecule has 0 amide bonds. The average Bonchev–Trinajstić information content (AvgIpc) is 2.90. The molecule has 0 spiro atoms. The molecule has 3 rings (SSSR count). The molecule has 6 heteroatoms. The van der Waals surface area contributed by atoms with Gasteiger partial charge in [-0.25, -0.2) is 0 Å². The minimum absolute atomic E-state index is 0.532. The van der Waals surface area contributed by atoms with Crippen LogP contribution in [0.2, 0.25) is 0 Å². The maximum absolute atomic E-state index is 5.65. The number of hydrogen-bond donors (Lipinski definition) is 1. The van der Waals surface area contributed by atoms with Crippen molar-refractivity contribution in [1.82, 2.24) is 15.1 Å². The fourth-order valence-corrected chi connectivity index (χ4v) is 2.15. The molecule has 0 saturated heterocycles. The van der Waals surface area contributed by atoms with E-state index >= 15 is 0 Å². The molecule has 100 valence electrons. The lowest BCUT2D eigenvalue weighted by molar-refractivity contribution is 0.385. The summed E-state index contributed by atoms with van der Waals surface area (Å²) in [5, 5.41) is 3.97. The summed E-state index contributed by atoms with van der Waals surface area (Å²) in [5.41, 5.74) is 8.27. The molecule has 1 aromatic carbocycles. The molecule has 2 N–H and O–H groups in total. The summed E-state index contributed by atoms with van der Waals surface area (Å²) in [5.74, 6) is 1.09. The minimum atomic E-state index is 0.532. The second-order valence-corrected chi connectivity index (χ2v) is 5.24. The van der Waals surface area contributed by atoms with E-state index in [1.54, 1.807) is 12.4 Å². The smallest absolute Gasteiger partial charge is 0.231 e. The third kappa shape index (κ3) is 2.85. The van der Waals surface area contributed by atoms with E-state index in [1.807, 2.05) is 30.3 Å². The molecule has 2 heterocycles. The predicted molar refractivity (Wildman–Crippen MR) is 78.9 cm³/mol. The maximum Gasteiger partial charge on any atom is 0.231 e. The van der Waals surface area contributed by atoms with Gasteiger partial charge in [-0.3, -0.25) is 4.98 Å². The number of anilines is 1. The monoisotopic (exact) mass is 330 g/mol. The van der Waals surface area contributed by atoms with Crippen LogP contribution in [0.3, 0.4) is 0 Å². The fourth-order valence-electron chi connectivity index (χ4n) is 1.79. The van der Waals surface area contributed by atoms with Crippen LogP contribution in [0.15, 0.2) is 51.7 Å². The van der Waals surface area contributed by atoms with Crippen LogP contribution in [0, 0.1) is 0 Å². The maximum atomic E-state index is 5.65. The zero-order valence-electron chi connectivity index (χ0n) is 10.5. The van der Waals surface area contributed by atoms with Crippen molar-refractivity contribution in [2.24, 2.45) is 0 Å². The van der Waals surface area contributed by atoms with Crippen molar-refractivity contribution >= 4 is 21.6 Å². The van der Waals surface area contributed by atoms with E-state index in [1.165, 1.54) is 0 Å². The molecule has 0 aliphatic heterocycles. The van der Waals surface area contributed by atoms with E-state index in [0.717, 1.165) is 21.3 Å². The lowest BCUT2D eigenvalue weighted by Gasteiger charge is -1.97. The van der Waals surface area contributed by atoms with Gasteiger partial charge in [0.15, 0.2) is 0 Å². The Balaban J connectivity index is 1.82. The summed E-state index contributed by atoms with van der Waals surface area (Å²) in [6.07, 6.45) is 3.98. The SMILES string of the molecule is Nc1ccc(Cc2nc(-c3cncc(Br)c3)no2)cc1. The van der Waals surface area contributed by atoms with Crippen LogP contribution in [0.1, 0.15) is 11.5 Å². The van der Waals surface area contributed by atoms with Crippen LogP contribution in [0.25, 0.3) is 11.4 Å². The summed E-state index contributed by atoms with van der Waals surface area (Å²) in [6, 6.07) is 9.49. The van der Waals surface area contributed by atoms with Crippen molar-refractivity contribution in [3.05, 3.63) is 58.7 Å². The van der Waals surface area contributed by atoms with Crippen LogP contribution < -0.4 is 5.73 Å².